The fraction of sp³-hybridized carbons (Fsp3) is 0.455. The SMILES string of the molecule is COc1ccc2nnc(CCN(C)C)n2c1. The van der Waals surface area contributed by atoms with Gasteiger partial charge in [-0.2, -0.15) is 0 Å². The highest BCUT2D eigenvalue weighted by atomic mass is 16.5. The predicted molar refractivity (Wildman–Crippen MR) is 61.8 cm³/mol. The first-order valence-corrected chi connectivity index (χ1v) is 5.23. The molecule has 0 saturated carbocycles. The van der Waals surface area contributed by atoms with Crippen LogP contribution >= 0.6 is 0 Å². The van der Waals surface area contributed by atoms with Gasteiger partial charge in [0.15, 0.2) is 5.65 Å². The van der Waals surface area contributed by atoms with Crippen LogP contribution < -0.4 is 4.74 Å². The molecule has 0 spiro atoms. The number of rotatable bonds is 4. The molecule has 0 saturated heterocycles. The maximum absolute atomic E-state index is 5.19. The van der Waals surface area contributed by atoms with Crippen LogP contribution in [0.1, 0.15) is 5.82 Å². The van der Waals surface area contributed by atoms with Gasteiger partial charge in [-0.25, -0.2) is 0 Å². The summed E-state index contributed by atoms with van der Waals surface area (Å²) in [5.74, 6) is 1.78. The number of fused-ring (bicyclic) bond motifs is 1. The lowest BCUT2D eigenvalue weighted by Gasteiger charge is -2.08. The molecule has 2 heterocycles. The fourth-order valence-corrected chi connectivity index (χ4v) is 1.53. The molecule has 0 N–H and O–H groups in total. The van der Waals surface area contributed by atoms with Crippen molar-refractivity contribution in [3.63, 3.8) is 0 Å². The molecule has 0 aliphatic heterocycles. The summed E-state index contributed by atoms with van der Waals surface area (Å²) in [4.78, 5) is 2.13. The lowest BCUT2D eigenvalue weighted by molar-refractivity contribution is 0.405. The van der Waals surface area contributed by atoms with Crippen LogP contribution in [0.5, 0.6) is 5.75 Å². The Morgan fingerprint density at radius 3 is 2.81 bits per heavy atom. The van der Waals surface area contributed by atoms with Gasteiger partial charge in [0.2, 0.25) is 0 Å². The van der Waals surface area contributed by atoms with Crippen molar-refractivity contribution in [2.45, 2.75) is 6.42 Å². The maximum atomic E-state index is 5.19. The topological polar surface area (TPSA) is 42.7 Å². The highest BCUT2D eigenvalue weighted by Gasteiger charge is 2.06. The molecule has 0 fully saturated rings. The second-order valence-corrected chi connectivity index (χ2v) is 3.97. The number of nitrogens with zero attached hydrogens (tertiary/aromatic N) is 4. The lowest BCUT2D eigenvalue weighted by Crippen LogP contribution is -2.16. The van der Waals surface area contributed by atoms with E-state index < -0.39 is 0 Å². The van der Waals surface area contributed by atoms with Crippen LogP contribution in [0, 0.1) is 0 Å². The number of hydrogen-bond acceptors (Lipinski definition) is 4. The minimum atomic E-state index is 0.818. The molecule has 16 heavy (non-hydrogen) atoms. The van der Waals surface area contributed by atoms with Crippen molar-refractivity contribution in [1.29, 1.82) is 0 Å². The van der Waals surface area contributed by atoms with E-state index in [2.05, 4.69) is 15.1 Å². The quantitative estimate of drug-likeness (QED) is 0.766. The van der Waals surface area contributed by atoms with Crippen LogP contribution in [0.25, 0.3) is 5.65 Å². The third kappa shape index (κ3) is 2.14. The second kappa shape index (κ2) is 4.49. The van der Waals surface area contributed by atoms with E-state index in [9.17, 15) is 0 Å². The maximum Gasteiger partial charge on any atom is 0.161 e. The van der Waals surface area contributed by atoms with Crippen LogP contribution in [0.15, 0.2) is 18.3 Å². The van der Waals surface area contributed by atoms with Gasteiger partial charge < -0.3 is 9.64 Å². The van der Waals surface area contributed by atoms with E-state index in [1.54, 1.807) is 7.11 Å². The van der Waals surface area contributed by atoms with E-state index in [0.29, 0.717) is 0 Å². The van der Waals surface area contributed by atoms with Gasteiger partial charge >= 0.3 is 0 Å². The summed E-state index contributed by atoms with van der Waals surface area (Å²) >= 11 is 0. The average molecular weight is 220 g/mol. The zero-order valence-corrected chi connectivity index (χ0v) is 9.84. The summed E-state index contributed by atoms with van der Waals surface area (Å²) < 4.78 is 7.16. The van der Waals surface area contributed by atoms with E-state index in [1.807, 2.05) is 36.8 Å². The van der Waals surface area contributed by atoms with E-state index >= 15 is 0 Å². The predicted octanol–water partition coefficient (Wildman–Crippen LogP) is 0.842. The number of methoxy groups -OCH3 is 1. The Labute approximate surface area is 94.7 Å². The summed E-state index contributed by atoms with van der Waals surface area (Å²) in [6, 6.07) is 3.80. The zero-order valence-electron chi connectivity index (χ0n) is 9.84. The van der Waals surface area contributed by atoms with Gasteiger partial charge in [0.25, 0.3) is 0 Å². The largest absolute Gasteiger partial charge is 0.495 e. The Balaban J connectivity index is 2.30. The average Bonchev–Trinajstić information content (AvgIpc) is 2.68. The van der Waals surface area contributed by atoms with Crippen molar-refractivity contribution in [3.05, 3.63) is 24.2 Å². The molecule has 0 aliphatic carbocycles. The molecule has 0 aliphatic rings. The van der Waals surface area contributed by atoms with Crippen molar-refractivity contribution in [2.75, 3.05) is 27.7 Å². The van der Waals surface area contributed by atoms with Gasteiger partial charge in [0.1, 0.15) is 11.6 Å². The monoisotopic (exact) mass is 220 g/mol. The molecule has 0 atom stereocenters. The minimum absolute atomic E-state index is 0.818. The molecule has 0 bridgehead atoms. The van der Waals surface area contributed by atoms with Gasteiger partial charge in [-0.3, -0.25) is 4.40 Å². The van der Waals surface area contributed by atoms with Gasteiger partial charge in [-0.15, -0.1) is 10.2 Å². The van der Waals surface area contributed by atoms with E-state index in [4.69, 9.17) is 4.74 Å². The molecule has 5 nitrogen and oxygen atoms in total. The van der Waals surface area contributed by atoms with Crippen molar-refractivity contribution in [2.24, 2.45) is 0 Å². The Kier molecular flexibility index (Phi) is 3.05. The molecule has 0 radical (unpaired) electrons. The summed E-state index contributed by atoms with van der Waals surface area (Å²) in [7, 11) is 5.75. The first-order chi connectivity index (χ1) is 7.70. The Morgan fingerprint density at radius 2 is 2.12 bits per heavy atom. The summed E-state index contributed by atoms with van der Waals surface area (Å²) in [5.41, 5.74) is 0.856. The molecule has 2 rings (SSSR count). The second-order valence-electron chi connectivity index (χ2n) is 3.97. The Bertz CT molecular complexity index is 478. The van der Waals surface area contributed by atoms with E-state index in [-0.39, 0.29) is 0 Å². The van der Waals surface area contributed by atoms with Gasteiger partial charge in [0.05, 0.1) is 13.3 Å². The fourth-order valence-electron chi connectivity index (χ4n) is 1.53. The van der Waals surface area contributed by atoms with Crippen LogP contribution in [-0.4, -0.2) is 47.2 Å². The first kappa shape index (κ1) is 10.9. The molecule has 86 valence electrons. The molecule has 2 aromatic rings. The molecule has 5 heteroatoms. The Morgan fingerprint density at radius 1 is 1.31 bits per heavy atom. The smallest absolute Gasteiger partial charge is 0.161 e. The number of hydrogen-bond donors (Lipinski definition) is 0. The highest BCUT2D eigenvalue weighted by Crippen LogP contribution is 2.13. The highest BCUT2D eigenvalue weighted by molar-refractivity contribution is 5.41. The van der Waals surface area contributed by atoms with Crippen molar-refractivity contribution >= 4 is 5.65 Å². The molecular weight excluding hydrogens is 204 g/mol. The van der Waals surface area contributed by atoms with Crippen molar-refractivity contribution in [3.8, 4) is 5.75 Å². The van der Waals surface area contributed by atoms with Crippen molar-refractivity contribution in [1.82, 2.24) is 19.5 Å². The van der Waals surface area contributed by atoms with Crippen LogP contribution in [0.2, 0.25) is 0 Å². The third-order valence-electron chi connectivity index (χ3n) is 2.46. The number of aromatic nitrogens is 3. The zero-order chi connectivity index (χ0) is 11.5. The lowest BCUT2D eigenvalue weighted by atomic mass is 10.3. The van der Waals surface area contributed by atoms with Crippen LogP contribution in [0.4, 0.5) is 0 Å². The molecule has 2 aromatic heterocycles. The van der Waals surface area contributed by atoms with Crippen molar-refractivity contribution < 1.29 is 4.74 Å². The Hall–Kier alpha value is -1.62. The number of ether oxygens (including phenoxy) is 1. The van der Waals surface area contributed by atoms with Crippen LogP contribution in [-0.2, 0) is 6.42 Å². The molecular formula is C11H16N4O. The molecule has 0 aromatic carbocycles. The first-order valence-electron chi connectivity index (χ1n) is 5.23. The standard InChI is InChI=1S/C11H16N4O/c1-14(2)7-6-11-13-12-10-5-4-9(16-3)8-15(10)11/h4-5,8H,6-7H2,1-3H3. The molecule has 0 unspecified atom stereocenters. The molecule has 0 amide bonds. The van der Waals surface area contributed by atoms with Gasteiger partial charge in [0, 0.05) is 13.0 Å². The number of pyridine rings is 1. The van der Waals surface area contributed by atoms with E-state index in [0.717, 1.165) is 30.2 Å². The van der Waals surface area contributed by atoms with E-state index in [1.165, 1.54) is 0 Å². The number of likely N-dealkylation sites (N-methyl/N-ethyl adjacent to an activating group) is 1. The minimum Gasteiger partial charge on any atom is -0.495 e. The summed E-state index contributed by atoms with van der Waals surface area (Å²) in [6.45, 7) is 0.956. The third-order valence-corrected chi connectivity index (χ3v) is 2.46. The normalized spacial score (nSPS) is 11.2. The van der Waals surface area contributed by atoms with Gasteiger partial charge in [-0.05, 0) is 26.2 Å². The van der Waals surface area contributed by atoms with Crippen LogP contribution in [0.3, 0.4) is 0 Å². The van der Waals surface area contributed by atoms with Gasteiger partial charge in [-0.1, -0.05) is 0 Å². The summed E-state index contributed by atoms with van der Waals surface area (Å²) in [5, 5.41) is 8.28. The summed E-state index contributed by atoms with van der Waals surface area (Å²) in [6.07, 6.45) is 2.79.